The Hall–Kier alpha value is -2.58. The zero-order valence-corrected chi connectivity index (χ0v) is 11.6. The first-order valence-corrected chi connectivity index (χ1v) is 7.10. The molecular weight excluding hydrogens is 267 g/mol. The molecule has 0 saturated heterocycles. The summed E-state index contributed by atoms with van der Waals surface area (Å²) in [5.74, 6) is 0. The van der Waals surface area contributed by atoms with Gasteiger partial charge >= 0.3 is 6.69 Å². The number of hydrogen-bond donors (Lipinski definition) is 0. The Bertz CT molecular complexity index is 596. The zero-order chi connectivity index (χ0) is 14.1. The molecule has 0 aromatic rings. The Labute approximate surface area is 121 Å². The van der Waals surface area contributed by atoms with Crippen molar-refractivity contribution in [3.05, 3.63) is 49.1 Å². The highest BCUT2D eigenvalue weighted by Crippen LogP contribution is 2.23. The molecule has 4 aliphatic rings. The zero-order valence-electron chi connectivity index (χ0n) is 11.6. The Kier molecular flexibility index (Phi) is 2.76. The van der Waals surface area contributed by atoms with E-state index in [1.54, 1.807) is 0 Å². The van der Waals surface area contributed by atoms with Crippen LogP contribution < -0.4 is 0 Å². The van der Waals surface area contributed by atoms with E-state index >= 15 is 0 Å². The van der Waals surface area contributed by atoms with Crippen LogP contribution in [0.25, 0.3) is 0 Å². The highest BCUT2D eigenvalue weighted by Gasteiger charge is 2.88. The van der Waals surface area contributed by atoms with E-state index in [1.165, 1.54) is 0 Å². The summed E-state index contributed by atoms with van der Waals surface area (Å²) in [6, 6.07) is 0. The lowest BCUT2D eigenvalue weighted by Crippen LogP contribution is -2.66. The summed E-state index contributed by atoms with van der Waals surface area (Å²) in [6.07, 6.45) is 16.0. The quantitative estimate of drug-likeness (QED) is 0.700. The van der Waals surface area contributed by atoms with Gasteiger partial charge in [-0.05, 0) is 0 Å². The van der Waals surface area contributed by atoms with Gasteiger partial charge in [-0.15, -0.1) is 0 Å². The lowest BCUT2D eigenvalue weighted by Gasteiger charge is -2.09. The van der Waals surface area contributed by atoms with Crippen molar-refractivity contribution in [1.29, 1.82) is 0 Å². The van der Waals surface area contributed by atoms with Crippen LogP contribution in [-0.4, -0.2) is 51.3 Å². The topological polar surface area (TPSA) is 61.5 Å². The third-order valence-corrected chi connectivity index (χ3v) is 3.85. The van der Waals surface area contributed by atoms with E-state index in [4.69, 9.17) is 0 Å². The fraction of sp³-hybridized carbons (Fsp3) is 0.333. The minimum atomic E-state index is -1.71. The van der Waals surface area contributed by atoms with Crippen molar-refractivity contribution in [2.24, 2.45) is 20.5 Å². The van der Waals surface area contributed by atoms with Gasteiger partial charge in [0.15, 0.2) is 24.8 Å². The fourth-order valence-electron chi connectivity index (χ4n) is 3.00. The molecule has 0 fully saturated rings. The van der Waals surface area contributed by atoms with Crippen molar-refractivity contribution in [2.45, 2.75) is 0 Å². The van der Waals surface area contributed by atoms with Gasteiger partial charge in [-0.1, -0.05) is 38.9 Å². The molecule has 8 nitrogen and oxygen atoms in total. The summed E-state index contributed by atoms with van der Waals surface area (Å²) in [5, 5.41) is 18.3. The number of nitrogens with zero attached hydrogens (tertiary/aromatic N) is 8. The average Bonchev–Trinajstić information content (AvgIpc) is 3.32. The molecule has 9 heteroatoms. The van der Waals surface area contributed by atoms with E-state index in [0.29, 0.717) is 26.2 Å². The summed E-state index contributed by atoms with van der Waals surface area (Å²) < 4.78 is 7.71. The van der Waals surface area contributed by atoms with E-state index in [0.717, 1.165) is 0 Å². The SMILES string of the molecule is C1=C[N+]([B-]([N+]2=NCC=C2)([N+]2=NCC=C2)[N+]2=NCC=C2)=NC1. The summed E-state index contributed by atoms with van der Waals surface area (Å²) >= 11 is 0. The van der Waals surface area contributed by atoms with Gasteiger partial charge in [-0.25, -0.2) is 0 Å². The van der Waals surface area contributed by atoms with E-state index in [2.05, 4.69) is 20.5 Å². The summed E-state index contributed by atoms with van der Waals surface area (Å²) in [7, 11) is 0. The molecule has 0 radical (unpaired) electrons. The number of rotatable bonds is 4. The first-order chi connectivity index (χ1) is 10.4. The largest absolute Gasteiger partial charge is 1.16 e. The molecule has 4 aliphatic heterocycles. The maximum atomic E-state index is 4.59. The second kappa shape index (κ2) is 4.76. The van der Waals surface area contributed by atoms with Crippen molar-refractivity contribution >= 4 is 6.69 Å². The van der Waals surface area contributed by atoms with Crippen LogP contribution in [0.4, 0.5) is 0 Å². The van der Waals surface area contributed by atoms with Crippen molar-refractivity contribution in [2.75, 3.05) is 26.2 Å². The van der Waals surface area contributed by atoms with E-state index in [9.17, 15) is 0 Å². The number of hydrogen-bond acceptors (Lipinski definition) is 4. The summed E-state index contributed by atoms with van der Waals surface area (Å²) in [4.78, 5) is 0. The fourth-order valence-corrected chi connectivity index (χ4v) is 3.00. The molecule has 0 spiro atoms. The Balaban J connectivity index is 1.98. The summed E-state index contributed by atoms with van der Waals surface area (Å²) in [6.45, 7) is 0.943. The highest BCUT2D eigenvalue weighted by molar-refractivity contribution is 6.46. The highest BCUT2D eigenvalue weighted by atomic mass is 15.6. The molecular formula is C12H16BN8+3. The molecule has 0 aromatic carbocycles. The lowest BCUT2D eigenvalue weighted by molar-refractivity contribution is -0.760. The Morgan fingerprint density at radius 2 is 0.810 bits per heavy atom. The molecule has 0 bridgehead atoms. The monoisotopic (exact) mass is 283 g/mol. The van der Waals surface area contributed by atoms with Crippen LogP contribution in [0, 0.1) is 0 Å². The second-order valence-electron chi connectivity index (χ2n) is 5.05. The lowest BCUT2D eigenvalue weighted by atomic mass is 9.73. The van der Waals surface area contributed by atoms with Crippen molar-refractivity contribution in [1.82, 2.24) is 0 Å². The molecule has 4 rings (SSSR count). The Morgan fingerprint density at radius 1 is 0.524 bits per heavy atom. The third kappa shape index (κ3) is 1.70. The van der Waals surface area contributed by atoms with Gasteiger partial charge in [0.25, 0.3) is 0 Å². The Morgan fingerprint density at radius 3 is 1.00 bits per heavy atom. The van der Waals surface area contributed by atoms with Gasteiger partial charge in [-0.3, -0.25) is 0 Å². The molecule has 0 unspecified atom stereocenters. The molecule has 0 atom stereocenters. The van der Waals surface area contributed by atoms with Gasteiger partial charge in [0.1, 0.15) is 26.2 Å². The van der Waals surface area contributed by atoms with Crippen LogP contribution in [0.15, 0.2) is 69.6 Å². The van der Waals surface area contributed by atoms with Crippen molar-refractivity contribution < 1.29 is 18.4 Å². The molecule has 0 saturated carbocycles. The second-order valence-corrected chi connectivity index (χ2v) is 5.05. The van der Waals surface area contributed by atoms with Gasteiger partial charge in [0.2, 0.25) is 0 Å². The van der Waals surface area contributed by atoms with Gasteiger partial charge in [0, 0.05) is 24.3 Å². The molecule has 0 N–H and O–H groups in total. The predicted octanol–water partition coefficient (Wildman–Crippen LogP) is 1.39. The molecule has 21 heavy (non-hydrogen) atoms. The van der Waals surface area contributed by atoms with Crippen LogP contribution in [-0.2, 0) is 0 Å². The van der Waals surface area contributed by atoms with Gasteiger partial charge < -0.3 is 0 Å². The van der Waals surface area contributed by atoms with E-state index in [-0.39, 0.29) is 0 Å². The van der Waals surface area contributed by atoms with Crippen LogP contribution in [0.1, 0.15) is 0 Å². The third-order valence-electron chi connectivity index (χ3n) is 3.85. The maximum absolute atomic E-state index is 4.59. The first kappa shape index (κ1) is 12.2. The molecule has 0 amide bonds. The van der Waals surface area contributed by atoms with Crippen LogP contribution in [0.3, 0.4) is 0 Å². The normalized spacial score (nSPS) is 22.9. The van der Waals surface area contributed by atoms with E-state index < -0.39 is 6.69 Å². The van der Waals surface area contributed by atoms with Crippen LogP contribution >= 0.6 is 0 Å². The van der Waals surface area contributed by atoms with E-state index in [1.807, 2.05) is 67.5 Å². The van der Waals surface area contributed by atoms with Gasteiger partial charge in [0.05, 0.1) is 0 Å². The molecule has 0 aromatic heterocycles. The van der Waals surface area contributed by atoms with Gasteiger partial charge in [-0.2, -0.15) is 0 Å². The van der Waals surface area contributed by atoms with Crippen molar-refractivity contribution in [3.63, 3.8) is 0 Å². The molecule has 4 heterocycles. The number of azo groups is 4. The minimum absolute atomic E-state index is 0.663. The maximum Gasteiger partial charge on any atom is 1.16 e. The predicted molar refractivity (Wildman–Crippen MR) is 72.5 cm³/mol. The molecule has 104 valence electrons. The smallest absolute Gasteiger partial charge is 0.0821 e. The average molecular weight is 283 g/mol. The van der Waals surface area contributed by atoms with Crippen molar-refractivity contribution in [3.8, 4) is 0 Å². The molecule has 0 aliphatic carbocycles. The standard InChI is InChI=1S/C12H16BN8/c1-5-14-18(9-1)13(19-10-2-6-15-19,20-11-3-7-16-20)21-12-4-8-17-21/h1-4,9-12H,5-8H2/q+3. The first-order valence-electron chi connectivity index (χ1n) is 7.10. The summed E-state index contributed by atoms with van der Waals surface area (Å²) in [5.41, 5.74) is 0. The minimum Gasteiger partial charge on any atom is -0.0821 e. The van der Waals surface area contributed by atoms with Crippen LogP contribution in [0.5, 0.6) is 0 Å². The van der Waals surface area contributed by atoms with Crippen LogP contribution in [0.2, 0.25) is 0 Å².